The monoisotopic (exact) mass is 953 g/mol. The van der Waals surface area contributed by atoms with Gasteiger partial charge in [0.15, 0.2) is 5.78 Å². The van der Waals surface area contributed by atoms with Gasteiger partial charge >= 0.3 is 5.97 Å². The van der Waals surface area contributed by atoms with Crippen molar-refractivity contribution in [3.8, 4) is 12.3 Å². The number of hydrogen-bond acceptors (Lipinski definition) is 13. The summed E-state index contributed by atoms with van der Waals surface area (Å²) in [5, 5.41) is 34.2. The number of amides is 1. The van der Waals surface area contributed by atoms with E-state index in [1.165, 1.54) is 4.90 Å². The minimum absolute atomic E-state index is 0.000717. The van der Waals surface area contributed by atoms with Gasteiger partial charge in [-0.05, 0) is 126 Å². The first-order valence-corrected chi connectivity index (χ1v) is 25.3. The Morgan fingerprint density at radius 3 is 2.32 bits per heavy atom. The number of esters is 1. The van der Waals surface area contributed by atoms with Crippen LogP contribution in [0.1, 0.15) is 138 Å². The van der Waals surface area contributed by atoms with Gasteiger partial charge in [0.25, 0.3) is 11.7 Å². The number of rotatable bonds is 9. The van der Waals surface area contributed by atoms with E-state index >= 15 is 0 Å². The number of unbranched alkanes of at least 4 members (excludes halogenated alkanes) is 1. The summed E-state index contributed by atoms with van der Waals surface area (Å²) in [6.07, 6.45) is 20.0. The van der Waals surface area contributed by atoms with Crippen molar-refractivity contribution in [1.82, 2.24) is 4.90 Å². The van der Waals surface area contributed by atoms with Crippen LogP contribution < -0.4 is 5.73 Å². The van der Waals surface area contributed by atoms with Crippen LogP contribution in [0.15, 0.2) is 47.6 Å². The van der Waals surface area contributed by atoms with E-state index in [4.69, 9.17) is 35.8 Å². The number of Topliss-reactive ketones (excluding diaryl/α,β-unsaturated/α-hetero) is 2. The van der Waals surface area contributed by atoms with Gasteiger partial charge in [0, 0.05) is 58.1 Å². The third kappa shape index (κ3) is 16.0. The largest absolute Gasteiger partial charge is 0.459 e. The Balaban J connectivity index is 1.64. The summed E-state index contributed by atoms with van der Waals surface area (Å²) in [6, 6.07) is -1.69. The van der Waals surface area contributed by atoms with Gasteiger partial charge < -0.3 is 49.6 Å². The molecule has 4 rings (SSSR count). The summed E-state index contributed by atoms with van der Waals surface area (Å²) in [6.45, 7) is 11.6. The highest BCUT2D eigenvalue weighted by molar-refractivity contribution is 6.39. The molecule has 14 nitrogen and oxygen atoms in total. The summed E-state index contributed by atoms with van der Waals surface area (Å²) >= 11 is 0. The minimum atomic E-state index is -2.41. The van der Waals surface area contributed by atoms with E-state index in [0.717, 1.165) is 24.8 Å². The van der Waals surface area contributed by atoms with E-state index in [0.29, 0.717) is 82.8 Å². The first-order valence-electron chi connectivity index (χ1n) is 25.3. The van der Waals surface area contributed by atoms with Gasteiger partial charge in [0.05, 0.1) is 24.4 Å². The fourth-order valence-corrected chi connectivity index (χ4v) is 10.4. The van der Waals surface area contributed by atoms with Gasteiger partial charge in [-0.25, -0.2) is 4.79 Å². The average molecular weight is 953 g/mol. The second kappa shape index (κ2) is 27.8. The van der Waals surface area contributed by atoms with Gasteiger partial charge in [-0.3, -0.25) is 14.4 Å². The molecule has 0 aromatic rings. The summed E-state index contributed by atoms with van der Waals surface area (Å²) in [5.41, 5.74) is 8.34. The number of piperidine rings is 1. The zero-order valence-corrected chi connectivity index (χ0v) is 42.2. The molecule has 1 aliphatic carbocycles. The quantitative estimate of drug-likeness (QED) is 0.0644. The molecule has 2 saturated heterocycles. The van der Waals surface area contributed by atoms with Gasteiger partial charge in [0.1, 0.15) is 24.4 Å². The normalized spacial score (nSPS) is 39.0. The second-order valence-corrected chi connectivity index (χ2v) is 20.3. The maximum atomic E-state index is 14.4. The van der Waals surface area contributed by atoms with Crippen molar-refractivity contribution in [2.45, 2.75) is 198 Å². The fourth-order valence-electron chi connectivity index (χ4n) is 10.4. The summed E-state index contributed by atoms with van der Waals surface area (Å²) in [5.74, 6) is -4.22. The Hall–Kier alpha value is -3.52. The molecule has 68 heavy (non-hydrogen) atoms. The lowest BCUT2D eigenvalue weighted by Crippen LogP contribution is -2.61. The molecule has 0 aromatic carbocycles. The highest BCUT2D eigenvalue weighted by Crippen LogP contribution is 2.37. The molecule has 3 aliphatic heterocycles. The first-order chi connectivity index (χ1) is 32.3. The molecule has 15 atom stereocenters. The minimum Gasteiger partial charge on any atom is -0.459 e. The number of cyclic esters (lactones) is 1. The number of nitrogens with two attached hydrogens (primary N) is 1. The lowest BCUT2D eigenvalue weighted by Gasteiger charge is -2.42. The topological polar surface area (TPSA) is 204 Å². The van der Waals surface area contributed by atoms with Gasteiger partial charge in [0.2, 0.25) is 5.79 Å². The van der Waals surface area contributed by atoms with E-state index in [1.807, 2.05) is 57.2 Å². The number of fused-ring (bicyclic) bond motifs is 3. The van der Waals surface area contributed by atoms with Crippen LogP contribution in [0.2, 0.25) is 0 Å². The Morgan fingerprint density at radius 1 is 0.868 bits per heavy atom. The molecule has 4 aliphatic rings. The van der Waals surface area contributed by atoms with Gasteiger partial charge in [-0.2, -0.15) is 0 Å². The van der Waals surface area contributed by atoms with Crippen LogP contribution in [0.4, 0.5) is 0 Å². The van der Waals surface area contributed by atoms with Crippen molar-refractivity contribution in [3.05, 3.63) is 47.6 Å². The molecule has 3 heterocycles. The van der Waals surface area contributed by atoms with Crippen LogP contribution >= 0.6 is 0 Å². The number of aliphatic hydroxyl groups is 3. The first kappa shape index (κ1) is 57.1. The number of aliphatic hydroxyl groups excluding tert-OH is 2. The van der Waals surface area contributed by atoms with Crippen LogP contribution in [0.25, 0.3) is 0 Å². The van der Waals surface area contributed by atoms with Crippen molar-refractivity contribution in [2.24, 2.45) is 35.3 Å². The van der Waals surface area contributed by atoms with Crippen molar-refractivity contribution in [3.63, 3.8) is 0 Å². The molecule has 382 valence electrons. The highest BCUT2D eigenvalue weighted by Gasteiger charge is 2.53. The van der Waals surface area contributed by atoms with Crippen LogP contribution in [-0.2, 0) is 42.9 Å². The molecule has 2 bridgehead atoms. The van der Waals surface area contributed by atoms with Crippen molar-refractivity contribution >= 4 is 23.4 Å². The summed E-state index contributed by atoms with van der Waals surface area (Å²) in [7, 11) is 3.25. The van der Waals surface area contributed by atoms with E-state index in [-0.39, 0.29) is 42.9 Å². The van der Waals surface area contributed by atoms with Crippen molar-refractivity contribution < 1.29 is 58.2 Å². The number of ketones is 2. The number of nitrogens with zero attached hydrogens (tertiary/aromatic N) is 1. The number of carbonyl (C=O) groups is 4. The molecule has 0 aromatic heterocycles. The van der Waals surface area contributed by atoms with Crippen molar-refractivity contribution in [2.75, 3.05) is 27.4 Å². The SMILES string of the molecule is C#CCCCO[C@@H]1CC[C@@H](C[C@@H](N)[C@@H]2CC[C@H](C)/C=C(\C)[C@@H](O)[C@@H](O)C(=O)[C@H](C)C[C@H](C)/C=C/C=C/C=C(\C)[C@@H](OC)C[C@@H]3CC[C@@H](C)[C@@](O)(O3)C(=O)C(=O)N3CCCC[C@H]3C(=O)O2)C[C@H]1OC. The maximum Gasteiger partial charge on any atom is 0.329 e. The molecule has 0 spiro atoms. The lowest BCUT2D eigenvalue weighted by atomic mass is 9.80. The fraction of sp³-hybridized carbons (Fsp3) is 0.741. The predicted molar refractivity (Wildman–Crippen MR) is 261 cm³/mol. The average Bonchev–Trinajstić information content (AvgIpc) is 3.32. The van der Waals surface area contributed by atoms with E-state index in [2.05, 4.69) is 5.92 Å². The van der Waals surface area contributed by atoms with Gasteiger partial charge in [-0.15, -0.1) is 12.3 Å². The number of carbonyl (C=O) groups excluding carboxylic acids is 4. The third-order valence-corrected chi connectivity index (χ3v) is 14.8. The predicted octanol–water partition coefficient (Wildman–Crippen LogP) is 6.48. The molecule has 5 N–H and O–H groups in total. The number of ether oxygens (including phenoxy) is 5. The molecule has 1 saturated carbocycles. The molecule has 0 unspecified atom stereocenters. The van der Waals surface area contributed by atoms with Crippen LogP contribution in [0.3, 0.4) is 0 Å². The van der Waals surface area contributed by atoms with Gasteiger partial charge in [-0.1, -0.05) is 64.2 Å². The summed E-state index contributed by atoms with van der Waals surface area (Å²) in [4.78, 5) is 57.5. The number of hydrogen-bond donors (Lipinski definition) is 4. The molecular formula is C54H84N2O12. The standard InChI is InChI=1S/C54H84N2O12/c1-10-11-17-28-66-45-26-23-40(32-47(45)65-9)31-42(55)44-25-21-35(3)30-38(6)49(58)50(59)48(57)37(5)29-34(2)18-13-12-14-19-36(4)46(64-8)33-41-24-22-39(7)54(63,68-41)51(60)52(61)56-27-16-15-20-43(56)53(62)67-44/h1,12-14,18-19,30,34-35,37,39-47,49-50,58-59,63H,11,15-17,20-29,31-33,55H2,2-9H3/b14-12+,18-13+,36-19+,38-30+/t34-,35+,37-,39-,40+,41+,42-,43+,44+,45-,46+,47-,49-,50+,54-/m1/s1. The van der Waals surface area contributed by atoms with E-state index < -0.39 is 83.7 Å². The number of terminal acetylenes is 1. The molecular weight excluding hydrogens is 869 g/mol. The summed E-state index contributed by atoms with van der Waals surface area (Å²) < 4.78 is 30.4. The van der Waals surface area contributed by atoms with E-state index in [1.54, 1.807) is 35.0 Å². The number of allylic oxidation sites excluding steroid dienone is 6. The Labute approximate surface area is 406 Å². The maximum absolute atomic E-state index is 14.4. The van der Waals surface area contributed by atoms with Crippen molar-refractivity contribution in [1.29, 1.82) is 0 Å². The second-order valence-electron chi connectivity index (χ2n) is 20.3. The zero-order chi connectivity index (χ0) is 50.1. The van der Waals surface area contributed by atoms with Crippen LogP contribution in [0.5, 0.6) is 0 Å². The van der Waals surface area contributed by atoms with Crippen LogP contribution in [-0.4, -0.2) is 132 Å². The molecule has 0 radical (unpaired) electrons. The molecule has 1 amide bonds. The smallest absolute Gasteiger partial charge is 0.329 e. The van der Waals surface area contributed by atoms with E-state index in [9.17, 15) is 34.5 Å². The molecule has 3 fully saturated rings. The number of methoxy groups -OCH3 is 2. The Kier molecular flexibility index (Phi) is 23.3. The highest BCUT2D eigenvalue weighted by atomic mass is 16.6. The Morgan fingerprint density at radius 2 is 1.62 bits per heavy atom. The zero-order valence-electron chi connectivity index (χ0n) is 42.2. The third-order valence-electron chi connectivity index (χ3n) is 14.8. The lowest BCUT2D eigenvalue weighted by molar-refractivity contribution is -0.265. The Bertz CT molecular complexity index is 1820. The molecule has 14 heteroatoms. The van der Waals surface area contributed by atoms with Crippen LogP contribution in [0, 0.1) is 41.9 Å².